The number of hydroxylamine groups is 2. The van der Waals surface area contributed by atoms with Gasteiger partial charge in [-0.15, -0.1) is 0 Å². The van der Waals surface area contributed by atoms with E-state index in [2.05, 4.69) is 0 Å². The summed E-state index contributed by atoms with van der Waals surface area (Å²) < 4.78 is 15.3. The van der Waals surface area contributed by atoms with Gasteiger partial charge in [0.05, 0.1) is 19.7 Å². The predicted octanol–water partition coefficient (Wildman–Crippen LogP) is 2.72. The highest BCUT2D eigenvalue weighted by molar-refractivity contribution is 5.85. The van der Waals surface area contributed by atoms with E-state index in [1.165, 1.54) is 13.2 Å². The molecule has 1 rings (SSSR count). The van der Waals surface area contributed by atoms with Crippen LogP contribution in [-0.4, -0.2) is 70.3 Å². The maximum atomic E-state index is 12.6. The number of hydrogen-bond donors (Lipinski definition) is 1. The molecule has 2 amide bonds. The molecule has 0 aliphatic carbocycles. The van der Waals surface area contributed by atoms with Gasteiger partial charge in [0.15, 0.2) is 6.04 Å². The molecule has 154 valence electrons. The number of nitrogens with zero attached hydrogens (tertiary/aromatic N) is 2. The van der Waals surface area contributed by atoms with Crippen molar-refractivity contribution in [2.24, 2.45) is 0 Å². The van der Waals surface area contributed by atoms with Crippen molar-refractivity contribution in [1.29, 1.82) is 0 Å². The molecular formula is C18H30N2O7. The summed E-state index contributed by atoms with van der Waals surface area (Å²) in [5.41, 5.74) is -1.15. The van der Waals surface area contributed by atoms with Crippen molar-refractivity contribution in [1.82, 2.24) is 9.96 Å². The van der Waals surface area contributed by atoms with Gasteiger partial charge in [-0.3, -0.25) is 10.1 Å². The number of carbonyl (C=O) groups is 3. The summed E-state index contributed by atoms with van der Waals surface area (Å²) in [5.74, 6) is -0.644. The molecule has 0 fully saturated rings. The smallest absolute Gasteiger partial charge is 0.434 e. The van der Waals surface area contributed by atoms with Gasteiger partial charge >= 0.3 is 18.2 Å². The third-order valence-electron chi connectivity index (χ3n) is 3.53. The van der Waals surface area contributed by atoms with Gasteiger partial charge in [0, 0.05) is 0 Å². The molecule has 0 aromatic carbocycles. The molecule has 0 bridgehead atoms. The van der Waals surface area contributed by atoms with Gasteiger partial charge < -0.3 is 14.2 Å². The fourth-order valence-electron chi connectivity index (χ4n) is 2.52. The van der Waals surface area contributed by atoms with Crippen molar-refractivity contribution < 1.29 is 33.8 Å². The summed E-state index contributed by atoms with van der Waals surface area (Å²) in [6.07, 6.45) is -0.197. The molecule has 0 saturated carbocycles. The van der Waals surface area contributed by atoms with Gasteiger partial charge in [-0.05, 0) is 54.0 Å². The first kappa shape index (κ1) is 22.8. The lowest BCUT2D eigenvalue weighted by Gasteiger charge is -2.39. The lowest BCUT2D eigenvalue weighted by molar-refractivity contribution is -0.148. The fraction of sp³-hybridized carbons (Fsp3) is 0.722. The lowest BCUT2D eigenvalue weighted by atomic mass is 9.98. The first-order valence-electron chi connectivity index (χ1n) is 8.63. The zero-order valence-electron chi connectivity index (χ0n) is 17.2. The first-order chi connectivity index (χ1) is 12.2. The standard InChI is InChI=1S/C18H30N2O7/c1-11-9-12(20(24)16(23)27-18(5,6)7)10-19(13(11)14(21)25-8)15(22)26-17(2,3)4/h9,12-13,24H,10H2,1-8H3. The molecule has 0 aromatic rings. The number of amides is 2. The molecular weight excluding hydrogens is 356 g/mol. The van der Waals surface area contributed by atoms with Crippen LogP contribution in [0.1, 0.15) is 48.5 Å². The minimum Gasteiger partial charge on any atom is -0.467 e. The highest BCUT2D eigenvalue weighted by Gasteiger charge is 2.41. The van der Waals surface area contributed by atoms with Gasteiger partial charge in [0.1, 0.15) is 11.2 Å². The van der Waals surface area contributed by atoms with Crippen LogP contribution in [0.5, 0.6) is 0 Å². The Bertz CT molecular complexity index is 616. The van der Waals surface area contributed by atoms with Crippen molar-refractivity contribution >= 4 is 18.2 Å². The van der Waals surface area contributed by atoms with Crippen LogP contribution in [-0.2, 0) is 19.0 Å². The van der Waals surface area contributed by atoms with Crippen molar-refractivity contribution in [3.8, 4) is 0 Å². The summed E-state index contributed by atoms with van der Waals surface area (Å²) in [6.45, 7) is 11.5. The third-order valence-corrected chi connectivity index (χ3v) is 3.53. The van der Waals surface area contributed by atoms with Crippen LogP contribution in [0, 0.1) is 0 Å². The predicted molar refractivity (Wildman–Crippen MR) is 96.1 cm³/mol. The normalized spacial score (nSPS) is 20.5. The van der Waals surface area contributed by atoms with E-state index >= 15 is 0 Å². The molecule has 9 heteroatoms. The number of hydrogen-bond acceptors (Lipinski definition) is 7. The van der Waals surface area contributed by atoms with Gasteiger partial charge in [0.2, 0.25) is 0 Å². The van der Waals surface area contributed by atoms with Crippen molar-refractivity contribution in [2.45, 2.75) is 71.8 Å². The van der Waals surface area contributed by atoms with Crippen LogP contribution >= 0.6 is 0 Å². The molecule has 1 aliphatic heterocycles. The molecule has 2 atom stereocenters. The fourth-order valence-corrected chi connectivity index (χ4v) is 2.52. The molecule has 27 heavy (non-hydrogen) atoms. The second-order valence-corrected chi connectivity index (χ2v) is 8.36. The Morgan fingerprint density at radius 3 is 2.07 bits per heavy atom. The zero-order chi connectivity index (χ0) is 21.2. The Morgan fingerprint density at radius 2 is 1.63 bits per heavy atom. The summed E-state index contributed by atoms with van der Waals surface area (Å²) >= 11 is 0. The zero-order valence-corrected chi connectivity index (χ0v) is 17.2. The van der Waals surface area contributed by atoms with Gasteiger partial charge in [-0.25, -0.2) is 14.4 Å². The average Bonchev–Trinajstić information content (AvgIpc) is 2.49. The van der Waals surface area contributed by atoms with E-state index in [-0.39, 0.29) is 6.54 Å². The molecule has 9 nitrogen and oxygen atoms in total. The second kappa shape index (κ2) is 8.16. The largest absolute Gasteiger partial charge is 0.467 e. The highest BCUT2D eigenvalue weighted by Crippen LogP contribution is 2.25. The van der Waals surface area contributed by atoms with Crippen molar-refractivity contribution in [3.05, 3.63) is 11.6 Å². The summed E-state index contributed by atoms with van der Waals surface area (Å²) in [6, 6.07) is -1.92. The summed E-state index contributed by atoms with van der Waals surface area (Å²) in [5, 5.41) is 10.7. The number of methoxy groups -OCH3 is 1. The number of ether oxygens (including phenoxy) is 3. The molecule has 1 N–H and O–H groups in total. The van der Waals surface area contributed by atoms with Crippen LogP contribution in [0.4, 0.5) is 9.59 Å². The van der Waals surface area contributed by atoms with Crippen LogP contribution in [0.15, 0.2) is 11.6 Å². The Kier molecular flexibility index (Phi) is 6.88. The van der Waals surface area contributed by atoms with Crippen molar-refractivity contribution in [2.75, 3.05) is 13.7 Å². The molecule has 0 aromatic heterocycles. The Morgan fingerprint density at radius 1 is 1.11 bits per heavy atom. The molecule has 0 radical (unpaired) electrons. The summed E-state index contributed by atoms with van der Waals surface area (Å²) in [7, 11) is 1.22. The maximum Gasteiger partial charge on any atom is 0.434 e. The highest BCUT2D eigenvalue weighted by atomic mass is 16.6. The van der Waals surface area contributed by atoms with E-state index in [4.69, 9.17) is 14.2 Å². The maximum absolute atomic E-state index is 12.6. The second-order valence-electron chi connectivity index (χ2n) is 8.36. The molecule has 1 aliphatic rings. The Balaban J connectivity index is 3.14. The Labute approximate surface area is 159 Å². The monoisotopic (exact) mass is 386 g/mol. The molecule has 2 unspecified atom stereocenters. The molecule has 0 saturated heterocycles. The summed E-state index contributed by atoms with van der Waals surface area (Å²) in [4.78, 5) is 38.1. The van der Waals surface area contributed by atoms with E-state index in [1.54, 1.807) is 48.5 Å². The van der Waals surface area contributed by atoms with Crippen LogP contribution < -0.4 is 0 Å². The van der Waals surface area contributed by atoms with Gasteiger partial charge in [-0.2, -0.15) is 5.06 Å². The minimum absolute atomic E-state index is 0.165. The third kappa shape index (κ3) is 6.42. The van der Waals surface area contributed by atoms with Crippen LogP contribution in [0.2, 0.25) is 0 Å². The van der Waals surface area contributed by atoms with Gasteiger partial charge in [-0.1, -0.05) is 6.08 Å². The number of carbonyl (C=O) groups excluding carboxylic acids is 3. The minimum atomic E-state index is -1.01. The topological polar surface area (TPSA) is 106 Å². The lowest BCUT2D eigenvalue weighted by Crippen LogP contribution is -2.57. The van der Waals surface area contributed by atoms with Crippen LogP contribution in [0.3, 0.4) is 0 Å². The Hall–Kier alpha value is -2.29. The van der Waals surface area contributed by atoms with Crippen molar-refractivity contribution in [3.63, 3.8) is 0 Å². The number of esters is 1. The van der Waals surface area contributed by atoms with Crippen LogP contribution in [0.25, 0.3) is 0 Å². The van der Waals surface area contributed by atoms with E-state index < -0.39 is 41.4 Å². The average molecular weight is 386 g/mol. The first-order valence-corrected chi connectivity index (χ1v) is 8.63. The van der Waals surface area contributed by atoms with E-state index in [1.807, 2.05) is 0 Å². The SMILES string of the molecule is COC(=O)C1C(C)=CC(N(O)C(=O)OC(C)(C)C)CN1C(=O)OC(C)(C)C. The van der Waals surface area contributed by atoms with E-state index in [0.717, 1.165) is 4.90 Å². The van der Waals surface area contributed by atoms with E-state index in [9.17, 15) is 19.6 Å². The number of rotatable bonds is 2. The van der Waals surface area contributed by atoms with E-state index in [0.29, 0.717) is 10.6 Å². The molecule has 1 heterocycles. The van der Waals surface area contributed by atoms with Gasteiger partial charge in [0.25, 0.3) is 0 Å². The molecule has 0 spiro atoms. The quantitative estimate of drug-likeness (QED) is 0.256.